The van der Waals surface area contributed by atoms with E-state index in [2.05, 4.69) is 29.3 Å². The Labute approximate surface area is 119 Å². The Kier molecular flexibility index (Phi) is 4.97. The number of piperazine rings is 1. The number of hydrogen-bond donors (Lipinski definition) is 1. The molecule has 1 aliphatic rings. The molecule has 2 heterocycles. The monoisotopic (exact) mass is 281 g/mol. The Morgan fingerprint density at radius 1 is 1.55 bits per heavy atom. The number of aromatic nitrogens is 2. The topological polar surface area (TPSA) is 62.6 Å². The molecule has 1 aromatic heterocycles. The number of anilines is 1. The van der Waals surface area contributed by atoms with E-state index in [1.165, 1.54) is 0 Å². The molecule has 1 aliphatic heterocycles. The molecule has 1 saturated heterocycles. The van der Waals surface area contributed by atoms with E-state index in [9.17, 15) is 4.79 Å². The van der Waals surface area contributed by atoms with Gasteiger partial charge in [-0.2, -0.15) is 5.10 Å². The Morgan fingerprint density at radius 2 is 2.35 bits per heavy atom. The summed E-state index contributed by atoms with van der Waals surface area (Å²) in [7, 11) is 3.73. The van der Waals surface area contributed by atoms with E-state index < -0.39 is 0 Å². The fraction of sp³-hybridized carbons (Fsp3) is 0.692. The number of ether oxygens (including phenoxy) is 1. The largest absolute Gasteiger partial charge is 0.383 e. The smallest absolute Gasteiger partial charge is 0.322 e. The van der Waals surface area contributed by atoms with Gasteiger partial charge in [0.1, 0.15) is 0 Å². The third kappa shape index (κ3) is 3.71. The molecule has 1 N–H and O–H groups in total. The molecule has 1 atom stereocenters. The van der Waals surface area contributed by atoms with E-state index in [4.69, 9.17) is 4.74 Å². The summed E-state index contributed by atoms with van der Waals surface area (Å²) in [5.74, 6) is 0. The zero-order valence-electron chi connectivity index (χ0n) is 12.4. The molecule has 0 radical (unpaired) electrons. The maximum absolute atomic E-state index is 12.2. The summed E-state index contributed by atoms with van der Waals surface area (Å²) < 4.78 is 6.75. The fourth-order valence-electron chi connectivity index (χ4n) is 2.37. The number of methoxy groups -OCH3 is 1. The molecule has 1 fully saturated rings. The molecule has 7 heteroatoms. The highest BCUT2D eigenvalue weighted by atomic mass is 16.5. The van der Waals surface area contributed by atoms with E-state index >= 15 is 0 Å². The van der Waals surface area contributed by atoms with Crippen molar-refractivity contribution in [2.75, 3.05) is 45.7 Å². The summed E-state index contributed by atoms with van der Waals surface area (Å²) in [5.41, 5.74) is 0.720. The lowest BCUT2D eigenvalue weighted by Gasteiger charge is -2.37. The van der Waals surface area contributed by atoms with Crippen LogP contribution in [-0.4, -0.2) is 72.1 Å². The van der Waals surface area contributed by atoms with E-state index in [-0.39, 0.29) is 12.1 Å². The van der Waals surface area contributed by atoms with Gasteiger partial charge in [0.2, 0.25) is 0 Å². The van der Waals surface area contributed by atoms with Gasteiger partial charge in [0.05, 0.1) is 25.0 Å². The van der Waals surface area contributed by atoms with Gasteiger partial charge < -0.3 is 19.9 Å². The predicted molar refractivity (Wildman–Crippen MR) is 76.8 cm³/mol. The van der Waals surface area contributed by atoms with Crippen molar-refractivity contribution in [2.45, 2.75) is 19.5 Å². The number of carbonyl (C=O) groups excluding carboxylic acids is 1. The van der Waals surface area contributed by atoms with Crippen LogP contribution in [0.5, 0.6) is 0 Å². The van der Waals surface area contributed by atoms with E-state index in [0.717, 1.165) is 25.3 Å². The zero-order valence-corrected chi connectivity index (χ0v) is 12.4. The Bertz CT molecular complexity index is 448. The van der Waals surface area contributed by atoms with E-state index in [1.54, 1.807) is 18.0 Å². The van der Waals surface area contributed by atoms with Gasteiger partial charge in [-0.15, -0.1) is 0 Å². The average Bonchev–Trinajstić information content (AvgIpc) is 2.83. The van der Waals surface area contributed by atoms with Gasteiger partial charge in [-0.3, -0.25) is 4.68 Å². The molecular formula is C13H23N5O2. The molecule has 2 amide bonds. The van der Waals surface area contributed by atoms with Crippen molar-refractivity contribution >= 4 is 11.7 Å². The van der Waals surface area contributed by atoms with Crippen molar-refractivity contribution in [2.24, 2.45) is 0 Å². The minimum absolute atomic E-state index is 0.0584. The molecule has 0 saturated carbocycles. The van der Waals surface area contributed by atoms with Crippen LogP contribution in [0, 0.1) is 0 Å². The molecule has 2 rings (SSSR count). The molecule has 0 spiro atoms. The Morgan fingerprint density at radius 3 is 3.05 bits per heavy atom. The van der Waals surface area contributed by atoms with Crippen LogP contribution in [0.3, 0.4) is 0 Å². The van der Waals surface area contributed by atoms with Gasteiger partial charge in [-0.1, -0.05) is 0 Å². The van der Waals surface area contributed by atoms with Gasteiger partial charge in [0.25, 0.3) is 0 Å². The lowest BCUT2D eigenvalue weighted by Crippen LogP contribution is -2.53. The highest BCUT2D eigenvalue weighted by Crippen LogP contribution is 2.12. The number of rotatable bonds is 4. The lowest BCUT2D eigenvalue weighted by molar-refractivity contribution is 0.125. The van der Waals surface area contributed by atoms with Crippen LogP contribution in [0.4, 0.5) is 10.5 Å². The van der Waals surface area contributed by atoms with E-state index in [1.807, 2.05) is 11.1 Å². The molecule has 112 valence electrons. The maximum Gasteiger partial charge on any atom is 0.322 e. The summed E-state index contributed by atoms with van der Waals surface area (Å²) in [6.45, 7) is 5.91. The summed E-state index contributed by atoms with van der Waals surface area (Å²) in [6.07, 6.45) is 3.48. The van der Waals surface area contributed by atoms with Crippen LogP contribution in [0.15, 0.2) is 12.4 Å². The first-order chi connectivity index (χ1) is 9.60. The normalized spacial score (nSPS) is 20.1. The van der Waals surface area contributed by atoms with Crippen LogP contribution in [0.2, 0.25) is 0 Å². The molecule has 7 nitrogen and oxygen atoms in total. The number of nitrogens with zero attached hydrogens (tertiary/aromatic N) is 4. The number of likely N-dealkylation sites (N-methyl/N-ethyl adjacent to an activating group) is 1. The Hall–Kier alpha value is -1.60. The van der Waals surface area contributed by atoms with Crippen molar-refractivity contribution in [1.82, 2.24) is 19.6 Å². The highest BCUT2D eigenvalue weighted by Gasteiger charge is 2.25. The van der Waals surface area contributed by atoms with Crippen LogP contribution in [0.25, 0.3) is 0 Å². The van der Waals surface area contributed by atoms with Crippen molar-refractivity contribution in [3.8, 4) is 0 Å². The summed E-state index contributed by atoms with van der Waals surface area (Å²) in [6, 6.07) is 0.161. The maximum atomic E-state index is 12.2. The van der Waals surface area contributed by atoms with Crippen LogP contribution < -0.4 is 5.32 Å². The summed E-state index contributed by atoms with van der Waals surface area (Å²) in [4.78, 5) is 16.3. The molecular weight excluding hydrogens is 258 g/mol. The Balaban J connectivity index is 1.89. The fourth-order valence-corrected chi connectivity index (χ4v) is 2.37. The summed E-state index contributed by atoms with van der Waals surface area (Å²) in [5, 5.41) is 7.08. The minimum Gasteiger partial charge on any atom is -0.383 e. The average molecular weight is 281 g/mol. The molecule has 1 aromatic rings. The van der Waals surface area contributed by atoms with Gasteiger partial charge in [0.15, 0.2) is 0 Å². The van der Waals surface area contributed by atoms with Gasteiger partial charge in [-0.25, -0.2) is 4.79 Å². The van der Waals surface area contributed by atoms with Crippen LogP contribution in [0.1, 0.15) is 6.92 Å². The second-order valence-electron chi connectivity index (χ2n) is 5.22. The summed E-state index contributed by atoms with van der Waals surface area (Å²) >= 11 is 0. The van der Waals surface area contributed by atoms with Crippen molar-refractivity contribution < 1.29 is 9.53 Å². The van der Waals surface area contributed by atoms with Gasteiger partial charge in [-0.05, 0) is 14.0 Å². The number of urea groups is 1. The number of carbonyl (C=O) groups is 1. The quantitative estimate of drug-likeness (QED) is 0.882. The first kappa shape index (κ1) is 14.8. The van der Waals surface area contributed by atoms with Crippen LogP contribution >= 0.6 is 0 Å². The van der Waals surface area contributed by atoms with Crippen molar-refractivity contribution in [3.05, 3.63) is 12.4 Å². The predicted octanol–water partition coefficient (Wildman–Crippen LogP) is 0.697. The second-order valence-corrected chi connectivity index (χ2v) is 5.22. The van der Waals surface area contributed by atoms with Gasteiger partial charge >= 0.3 is 6.03 Å². The third-order valence-electron chi connectivity index (χ3n) is 3.50. The SMILES string of the molecule is COCCn1cc(NC(=O)N2CCN(C)C[C@@H]2C)cn1. The van der Waals surface area contributed by atoms with Crippen molar-refractivity contribution in [3.63, 3.8) is 0 Å². The first-order valence-electron chi connectivity index (χ1n) is 6.87. The van der Waals surface area contributed by atoms with Crippen molar-refractivity contribution in [1.29, 1.82) is 0 Å². The van der Waals surface area contributed by atoms with Crippen LogP contribution in [-0.2, 0) is 11.3 Å². The lowest BCUT2D eigenvalue weighted by atomic mass is 10.2. The molecule has 20 heavy (non-hydrogen) atoms. The molecule has 0 aromatic carbocycles. The minimum atomic E-state index is -0.0584. The second kappa shape index (κ2) is 6.71. The number of hydrogen-bond acceptors (Lipinski definition) is 4. The molecule has 0 aliphatic carbocycles. The third-order valence-corrected chi connectivity index (χ3v) is 3.50. The number of amides is 2. The standard InChI is InChI=1S/C13H23N5O2/c1-11-9-16(2)4-5-18(11)13(19)15-12-8-14-17(10-12)6-7-20-3/h8,10-11H,4-7,9H2,1-3H3,(H,15,19)/t11-/m0/s1. The first-order valence-corrected chi connectivity index (χ1v) is 6.87. The molecule has 0 bridgehead atoms. The van der Waals surface area contributed by atoms with Gasteiger partial charge in [0, 0.05) is 39.0 Å². The zero-order chi connectivity index (χ0) is 14.5. The van der Waals surface area contributed by atoms with E-state index in [0.29, 0.717) is 13.2 Å². The number of nitrogens with one attached hydrogen (secondary N) is 1. The molecule has 0 unspecified atom stereocenters. The highest BCUT2D eigenvalue weighted by molar-refractivity contribution is 5.89.